The van der Waals surface area contributed by atoms with Crippen molar-refractivity contribution in [1.82, 2.24) is 9.88 Å². The maximum atomic E-state index is 12.1. The lowest BCUT2D eigenvalue weighted by molar-refractivity contribution is 0.188. The molecule has 1 aromatic carbocycles. The molecule has 0 radical (unpaired) electrons. The number of aliphatic hydroxyl groups is 1. The molecule has 0 fully saturated rings. The summed E-state index contributed by atoms with van der Waals surface area (Å²) in [6.45, 7) is 2.90. The Bertz CT molecular complexity index is 565. The molecule has 0 aliphatic heterocycles. The van der Waals surface area contributed by atoms with Crippen molar-refractivity contribution in [2.24, 2.45) is 0 Å². The SMILES string of the molecule is CCCN(CCO)C(=O)Nc1ncc(-c2ccccc2)s1. The predicted octanol–water partition coefficient (Wildman–Crippen LogP) is 3.05. The van der Waals surface area contributed by atoms with Crippen molar-refractivity contribution in [2.75, 3.05) is 25.0 Å². The Kier molecular flexibility index (Phi) is 5.71. The molecule has 2 rings (SSSR count). The molecule has 1 aromatic heterocycles. The van der Waals surface area contributed by atoms with Gasteiger partial charge in [-0.05, 0) is 12.0 Å². The number of amides is 2. The van der Waals surface area contributed by atoms with Gasteiger partial charge in [-0.15, -0.1) is 0 Å². The molecule has 2 amide bonds. The van der Waals surface area contributed by atoms with E-state index in [1.807, 2.05) is 37.3 Å². The van der Waals surface area contributed by atoms with Gasteiger partial charge in [0.2, 0.25) is 0 Å². The lowest BCUT2D eigenvalue weighted by Gasteiger charge is -2.20. The van der Waals surface area contributed by atoms with Crippen LogP contribution in [0.4, 0.5) is 9.93 Å². The highest BCUT2D eigenvalue weighted by Crippen LogP contribution is 2.28. The fourth-order valence-electron chi connectivity index (χ4n) is 1.94. The number of carbonyl (C=O) groups is 1. The molecule has 0 aliphatic carbocycles. The number of nitrogens with zero attached hydrogens (tertiary/aromatic N) is 2. The topological polar surface area (TPSA) is 65.5 Å². The molecule has 6 heteroatoms. The van der Waals surface area contributed by atoms with Crippen molar-refractivity contribution in [3.8, 4) is 10.4 Å². The third-order valence-corrected chi connectivity index (χ3v) is 3.89. The molecule has 2 N–H and O–H groups in total. The van der Waals surface area contributed by atoms with Gasteiger partial charge in [0.05, 0.1) is 11.5 Å². The van der Waals surface area contributed by atoms with Crippen LogP contribution in [0.1, 0.15) is 13.3 Å². The normalized spacial score (nSPS) is 10.4. The minimum absolute atomic E-state index is 0.0411. The maximum Gasteiger partial charge on any atom is 0.323 e. The molecular weight excluding hydrogens is 286 g/mol. The van der Waals surface area contributed by atoms with E-state index < -0.39 is 0 Å². The molecule has 0 spiro atoms. The summed E-state index contributed by atoms with van der Waals surface area (Å²) in [4.78, 5) is 18.9. The summed E-state index contributed by atoms with van der Waals surface area (Å²) in [5.41, 5.74) is 1.08. The number of anilines is 1. The van der Waals surface area contributed by atoms with Crippen molar-refractivity contribution in [2.45, 2.75) is 13.3 Å². The van der Waals surface area contributed by atoms with Crippen molar-refractivity contribution in [1.29, 1.82) is 0 Å². The molecule has 1 heterocycles. The molecule has 0 unspecified atom stereocenters. The molecule has 0 aliphatic rings. The minimum atomic E-state index is -0.222. The third-order valence-electron chi connectivity index (χ3n) is 2.93. The lowest BCUT2D eigenvalue weighted by atomic mass is 10.2. The first-order chi connectivity index (χ1) is 10.2. The van der Waals surface area contributed by atoms with Crippen molar-refractivity contribution in [3.63, 3.8) is 0 Å². The molecule has 0 saturated heterocycles. The Morgan fingerprint density at radius 1 is 1.33 bits per heavy atom. The number of hydrogen-bond donors (Lipinski definition) is 2. The number of thiazole rings is 1. The Hall–Kier alpha value is -1.92. The van der Waals surface area contributed by atoms with E-state index in [1.165, 1.54) is 11.3 Å². The van der Waals surface area contributed by atoms with Gasteiger partial charge in [-0.3, -0.25) is 5.32 Å². The standard InChI is InChI=1S/C15H19N3O2S/c1-2-8-18(9-10-19)15(20)17-14-16-11-13(21-14)12-6-4-3-5-7-12/h3-7,11,19H,2,8-10H2,1H3,(H,16,17,20). The maximum absolute atomic E-state index is 12.1. The Morgan fingerprint density at radius 3 is 2.76 bits per heavy atom. The van der Waals surface area contributed by atoms with E-state index in [0.29, 0.717) is 18.2 Å². The van der Waals surface area contributed by atoms with Crippen molar-refractivity contribution in [3.05, 3.63) is 36.5 Å². The van der Waals surface area contributed by atoms with Crippen LogP contribution in [-0.2, 0) is 0 Å². The minimum Gasteiger partial charge on any atom is -0.395 e. The highest BCUT2D eigenvalue weighted by atomic mass is 32.1. The van der Waals surface area contributed by atoms with Gasteiger partial charge >= 0.3 is 6.03 Å². The number of aromatic nitrogens is 1. The van der Waals surface area contributed by atoms with E-state index in [-0.39, 0.29) is 12.6 Å². The Labute approximate surface area is 128 Å². The number of hydrogen-bond acceptors (Lipinski definition) is 4. The quantitative estimate of drug-likeness (QED) is 0.862. The van der Waals surface area contributed by atoms with E-state index >= 15 is 0 Å². The largest absolute Gasteiger partial charge is 0.395 e. The predicted molar refractivity (Wildman–Crippen MR) is 85.5 cm³/mol. The first-order valence-corrected chi connectivity index (χ1v) is 7.74. The first kappa shape index (κ1) is 15.5. The smallest absolute Gasteiger partial charge is 0.323 e. The van der Waals surface area contributed by atoms with E-state index in [1.54, 1.807) is 11.1 Å². The van der Waals surface area contributed by atoms with Gasteiger partial charge in [-0.1, -0.05) is 48.6 Å². The average Bonchev–Trinajstić information content (AvgIpc) is 2.96. The summed E-state index contributed by atoms with van der Waals surface area (Å²) in [6, 6.07) is 9.70. The number of benzene rings is 1. The van der Waals surface area contributed by atoms with Gasteiger partial charge in [-0.25, -0.2) is 9.78 Å². The lowest BCUT2D eigenvalue weighted by Crippen LogP contribution is -2.37. The van der Waals surface area contributed by atoms with Crippen LogP contribution in [0.2, 0.25) is 0 Å². The fourth-order valence-corrected chi connectivity index (χ4v) is 2.76. The monoisotopic (exact) mass is 305 g/mol. The van der Waals surface area contributed by atoms with E-state index in [4.69, 9.17) is 5.11 Å². The second kappa shape index (κ2) is 7.75. The molecule has 2 aromatic rings. The molecule has 0 bridgehead atoms. The number of aliphatic hydroxyl groups excluding tert-OH is 1. The zero-order chi connectivity index (χ0) is 15.1. The van der Waals surface area contributed by atoms with Gasteiger partial charge in [0.15, 0.2) is 5.13 Å². The number of rotatable bonds is 6. The van der Waals surface area contributed by atoms with E-state index in [9.17, 15) is 4.79 Å². The molecule has 0 atom stereocenters. The first-order valence-electron chi connectivity index (χ1n) is 6.92. The van der Waals surface area contributed by atoms with Crippen LogP contribution >= 0.6 is 11.3 Å². The van der Waals surface area contributed by atoms with Crippen LogP contribution in [0, 0.1) is 0 Å². The molecule has 0 saturated carbocycles. The van der Waals surface area contributed by atoms with Gasteiger partial charge in [0.1, 0.15) is 0 Å². The number of carbonyl (C=O) groups excluding carboxylic acids is 1. The van der Waals surface area contributed by atoms with E-state index in [2.05, 4.69) is 10.3 Å². The third kappa shape index (κ3) is 4.27. The highest BCUT2D eigenvalue weighted by Gasteiger charge is 2.14. The number of urea groups is 1. The van der Waals surface area contributed by atoms with Crippen molar-refractivity contribution >= 4 is 22.5 Å². The molecule has 5 nitrogen and oxygen atoms in total. The van der Waals surface area contributed by atoms with Crippen LogP contribution in [0.3, 0.4) is 0 Å². The van der Waals surface area contributed by atoms with Crippen molar-refractivity contribution < 1.29 is 9.90 Å². The summed E-state index contributed by atoms with van der Waals surface area (Å²) in [5, 5.41) is 12.3. The zero-order valence-electron chi connectivity index (χ0n) is 12.0. The summed E-state index contributed by atoms with van der Waals surface area (Å²) in [5.74, 6) is 0. The highest BCUT2D eigenvalue weighted by molar-refractivity contribution is 7.19. The van der Waals surface area contributed by atoms with Crippen LogP contribution < -0.4 is 5.32 Å². The summed E-state index contributed by atoms with van der Waals surface area (Å²) < 4.78 is 0. The van der Waals surface area contributed by atoms with Gasteiger partial charge in [0.25, 0.3) is 0 Å². The van der Waals surface area contributed by atoms with Crippen LogP contribution in [0.15, 0.2) is 36.5 Å². The Balaban J connectivity index is 2.03. The summed E-state index contributed by atoms with van der Waals surface area (Å²) >= 11 is 1.44. The van der Waals surface area contributed by atoms with Gasteiger partial charge < -0.3 is 10.0 Å². The average molecular weight is 305 g/mol. The van der Waals surface area contributed by atoms with Gasteiger partial charge in [-0.2, -0.15) is 0 Å². The summed E-state index contributed by atoms with van der Waals surface area (Å²) in [7, 11) is 0. The zero-order valence-corrected chi connectivity index (χ0v) is 12.8. The number of nitrogens with one attached hydrogen (secondary N) is 1. The molecule has 21 heavy (non-hydrogen) atoms. The van der Waals surface area contributed by atoms with Gasteiger partial charge in [0, 0.05) is 19.3 Å². The Morgan fingerprint density at radius 2 is 2.10 bits per heavy atom. The molecule has 112 valence electrons. The van der Waals surface area contributed by atoms with Crippen LogP contribution in [0.25, 0.3) is 10.4 Å². The summed E-state index contributed by atoms with van der Waals surface area (Å²) in [6.07, 6.45) is 2.60. The molecular formula is C15H19N3O2S. The fraction of sp³-hybridized carbons (Fsp3) is 0.333. The second-order valence-electron chi connectivity index (χ2n) is 4.54. The second-order valence-corrected chi connectivity index (χ2v) is 5.57. The van der Waals surface area contributed by atoms with E-state index in [0.717, 1.165) is 16.9 Å². The van der Waals surface area contributed by atoms with Crippen LogP contribution in [-0.4, -0.2) is 40.7 Å². The van der Waals surface area contributed by atoms with Crippen LogP contribution in [0.5, 0.6) is 0 Å².